The summed E-state index contributed by atoms with van der Waals surface area (Å²) in [6.07, 6.45) is 5.06. The molecule has 2 saturated heterocycles. The molecule has 3 aromatic rings. The number of aliphatic hydroxyl groups excluding tert-OH is 1. The largest absolute Gasteiger partial charge is 0.391 e. The Bertz CT molecular complexity index is 984. The van der Waals surface area contributed by atoms with Crippen LogP contribution in [0, 0.1) is 0 Å². The van der Waals surface area contributed by atoms with Gasteiger partial charge in [-0.25, -0.2) is 15.0 Å². The molecular weight excluding hydrogens is 366 g/mol. The van der Waals surface area contributed by atoms with Crippen LogP contribution in [0.3, 0.4) is 0 Å². The van der Waals surface area contributed by atoms with Gasteiger partial charge in [0.25, 0.3) is 0 Å². The van der Waals surface area contributed by atoms with Gasteiger partial charge in [0.15, 0.2) is 0 Å². The molecule has 4 heterocycles. The molecule has 0 aliphatic carbocycles. The number of rotatable bonds is 3. The molecule has 0 spiro atoms. The zero-order valence-corrected chi connectivity index (χ0v) is 16.4. The molecule has 1 aromatic carbocycles. The summed E-state index contributed by atoms with van der Waals surface area (Å²) in [5.41, 5.74) is 0.972. The molecule has 1 atom stereocenters. The average molecular weight is 391 g/mol. The van der Waals surface area contributed by atoms with E-state index < -0.39 is 0 Å². The average Bonchev–Trinajstić information content (AvgIpc) is 2.79. The molecule has 1 N–H and O–H groups in total. The molecule has 0 bridgehead atoms. The van der Waals surface area contributed by atoms with Crippen LogP contribution in [0.25, 0.3) is 10.9 Å². The Morgan fingerprint density at radius 3 is 2.55 bits per heavy atom. The fourth-order valence-electron chi connectivity index (χ4n) is 4.19. The molecule has 0 saturated carbocycles. The molecule has 150 valence electrons. The molecule has 1 unspecified atom stereocenters. The van der Waals surface area contributed by atoms with Crippen molar-refractivity contribution < 1.29 is 5.11 Å². The minimum atomic E-state index is -0.270. The van der Waals surface area contributed by atoms with E-state index in [1.165, 1.54) is 0 Å². The second kappa shape index (κ2) is 7.79. The summed E-state index contributed by atoms with van der Waals surface area (Å²) < 4.78 is 0. The summed E-state index contributed by atoms with van der Waals surface area (Å²) in [7, 11) is 0. The molecule has 0 amide bonds. The monoisotopic (exact) mass is 391 g/mol. The quantitative estimate of drug-likeness (QED) is 0.723. The normalized spacial score (nSPS) is 20.3. The maximum atomic E-state index is 9.96. The van der Waals surface area contributed by atoms with Crippen molar-refractivity contribution in [2.45, 2.75) is 18.9 Å². The SMILES string of the molecule is OC1CCCN(c2ccnc(N3CCN(c4ncnc5ccccc45)CC3)n2)C1. The highest BCUT2D eigenvalue weighted by Gasteiger charge is 2.23. The van der Waals surface area contributed by atoms with Gasteiger partial charge in [0.1, 0.15) is 18.0 Å². The van der Waals surface area contributed by atoms with Crippen molar-refractivity contribution in [3.8, 4) is 0 Å². The minimum absolute atomic E-state index is 0.270. The van der Waals surface area contributed by atoms with Gasteiger partial charge >= 0.3 is 0 Å². The van der Waals surface area contributed by atoms with E-state index in [-0.39, 0.29) is 6.10 Å². The Hall–Kier alpha value is -3.00. The number of fused-ring (bicyclic) bond motifs is 1. The third-order valence-corrected chi connectivity index (χ3v) is 5.73. The zero-order chi connectivity index (χ0) is 19.6. The van der Waals surface area contributed by atoms with E-state index in [1.54, 1.807) is 6.33 Å². The Balaban J connectivity index is 1.30. The van der Waals surface area contributed by atoms with Gasteiger partial charge in [-0.1, -0.05) is 12.1 Å². The topological polar surface area (TPSA) is 81.5 Å². The summed E-state index contributed by atoms with van der Waals surface area (Å²) >= 11 is 0. The van der Waals surface area contributed by atoms with E-state index in [1.807, 2.05) is 30.5 Å². The van der Waals surface area contributed by atoms with Gasteiger partial charge in [-0.2, -0.15) is 4.98 Å². The number of piperidine rings is 1. The lowest BCUT2D eigenvalue weighted by Gasteiger charge is -2.36. The number of hydrogen-bond acceptors (Lipinski definition) is 8. The smallest absolute Gasteiger partial charge is 0.227 e. The Morgan fingerprint density at radius 1 is 0.862 bits per heavy atom. The summed E-state index contributed by atoms with van der Waals surface area (Å²) in [6.45, 7) is 4.97. The summed E-state index contributed by atoms with van der Waals surface area (Å²) in [5.74, 6) is 2.65. The second-order valence-electron chi connectivity index (χ2n) is 7.65. The third-order valence-electron chi connectivity index (χ3n) is 5.73. The van der Waals surface area contributed by atoms with E-state index in [4.69, 9.17) is 4.98 Å². The van der Waals surface area contributed by atoms with Crippen LogP contribution in [0.1, 0.15) is 12.8 Å². The van der Waals surface area contributed by atoms with Crippen LogP contribution in [0.5, 0.6) is 0 Å². The first-order valence-corrected chi connectivity index (χ1v) is 10.2. The highest BCUT2D eigenvalue weighted by molar-refractivity contribution is 5.89. The number of nitrogens with zero attached hydrogens (tertiary/aromatic N) is 7. The summed E-state index contributed by atoms with van der Waals surface area (Å²) in [6, 6.07) is 10.1. The van der Waals surface area contributed by atoms with E-state index in [9.17, 15) is 5.11 Å². The van der Waals surface area contributed by atoms with Gasteiger partial charge in [0.2, 0.25) is 5.95 Å². The number of piperazine rings is 1. The van der Waals surface area contributed by atoms with Gasteiger partial charge < -0.3 is 19.8 Å². The van der Waals surface area contributed by atoms with E-state index in [2.05, 4.69) is 35.7 Å². The number of aliphatic hydroxyl groups is 1. The first-order valence-electron chi connectivity index (χ1n) is 10.2. The highest BCUT2D eigenvalue weighted by Crippen LogP contribution is 2.25. The van der Waals surface area contributed by atoms with E-state index in [0.717, 1.165) is 74.1 Å². The maximum absolute atomic E-state index is 9.96. The van der Waals surface area contributed by atoms with Gasteiger partial charge in [-0.3, -0.25) is 0 Å². The van der Waals surface area contributed by atoms with Crippen LogP contribution in [0.15, 0.2) is 42.9 Å². The lowest BCUT2D eigenvalue weighted by Crippen LogP contribution is -2.47. The van der Waals surface area contributed by atoms with Crippen molar-refractivity contribution in [1.82, 2.24) is 19.9 Å². The van der Waals surface area contributed by atoms with Crippen molar-refractivity contribution in [1.29, 1.82) is 0 Å². The number of aromatic nitrogens is 4. The van der Waals surface area contributed by atoms with Crippen LogP contribution in [-0.2, 0) is 0 Å². The number of anilines is 3. The Labute approximate surface area is 169 Å². The molecule has 0 radical (unpaired) electrons. The van der Waals surface area contributed by atoms with Crippen LogP contribution in [0.2, 0.25) is 0 Å². The molecule has 8 heteroatoms. The zero-order valence-electron chi connectivity index (χ0n) is 16.4. The lowest BCUT2D eigenvalue weighted by molar-refractivity contribution is 0.154. The first-order chi connectivity index (χ1) is 14.3. The molecule has 2 fully saturated rings. The first kappa shape index (κ1) is 18.1. The van der Waals surface area contributed by atoms with Crippen molar-refractivity contribution in [3.63, 3.8) is 0 Å². The third kappa shape index (κ3) is 3.67. The van der Waals surface area contributed by atoms with Crippen molar-refractivity contribution in [2.24, 2.45) is 0 Å². The molecule has 8 nitrogen and oxygen atoms in total. The molecular formula is C21H25N7O. The van der Waals surface area contributed by atoms with Gasteiger partial charge in [-0.05, 0) is 31.0 Å². The molecule has 29 heavy (non-hydrogen) atoms. The van der Waals surface area contributed by atoms with Gasteiger partial charge in [-0.15, -0.1) is 0 Å². The number of para-hydroxylation sites is 1. The van der Waals surface area contributed by atoms with E-state index in [0.29, 0.717) is 6.54 Å². The van der Waals surface area contributed by atoms with E-state index >= 15 is 0 Å². The number of hydrogen-bond donors (Lipinski definition) is 1. The molecule has 2 aliphatic rings. The fraction of sp³-hybridized carbons (Fsp3) is 0.429. The lowest BCUT2D eigenvalue weighted by atomic mass is 10.1. The summed E-state index contributed by atoms with van der Waals surface area (Å²) in [4.78, 5) is 24.9. The van der Waals surface area contributed by atoms with Crippen LogP contribution < -0.4 is 14.7 Å². The predicted octanol–water partition coefficient (Wildman–Crippen LogP) is 1.71. The van der Waals surface area contributed by atoms with Crippen LogP contribution in [0.4, 0.5) is 17.6 Å². The second-order valence-corrected chi connectivity index (χ2v) is 7.65. The highest BCUT2D eigenvalue weighted by atomic mass is 16.3. The standard InChI is InChI=1S/C21H25N7O/c29-16-4-3-9-28(14-16)19-7-8-22-21(25-19)27-12-10-26(11-13-27)20-17-5-1-2-6-18(17)23-15-24-20/h1-2,5-8,15-16,29H,3-4,9-14H2. The molecule has 2 aromatic heterocycles. The van der Waals surface area contributed by atoms with Gasteiger partial charge in [0, 0.05) is 50.9 Å². The minimum Gasteiger partial charge on any atom is -0.391 e. The Morgan fingerprint density at radius 2 is 1.69 bits per heavy atom. The maximum Gasteiger partial charge on any atom is 0.227 e. The van der Waals surface area contributed by atoms with Gasteiger partial charge in [0.05, 0.1) is 11.6 Å². The van der Waals surface area contributed by atoms with Crippen LogP contribution >= 0.6 is 0 Å². The predicted molar refractivity (Wildman–Crippen MR) is 113 cm³/mol. The van der Waals surface area contributed by atoms with Crippen molar-refractivity contribution in [2.75, 3.05) is 54.0 Å². The summed E-state index contributed by atoms with van der Waals surface area (Å²) in [5, 5.41) is 11.0. The van der Waals surface area contributed by atoms with Crippen molar-refractivity contribution >= 4 is 28.5 Å². The number of benzene rings is 1. The molecule has 5 rings (SSSR count). The van der Waals surface area contributed by atoms with Crippen LogP contribution in [-0.4, -0.2) is 70.4 Å². The Kier molecular flexibility index (Phi) is 4.85. The fourth-order valence-corrected chi connectivity index (χ4v) is 4.19. The van der Waals surface area contributed by atoms with Crippen molar-refractivity contribution in [3.05, 3.63) is 42.9 Å². The number of β-amino-alcohol motifs (C(OH)–C–C–N with tert-alkyl or cyclic N) is 1. The molecule has 2 aliphatic heterocycles.